The molecular weight excluding hydrogens is 204 g/mol. The highest BCUT2D eigenvalue weighted by atomic mass is 16.5. The Morgan fingerprint density at radius 2 is 1.88 bits per heavy atom. The first-order chi connectivity index (χ1) is 7.58. The minimum Gasteiger partial charge on any atom is -0.379 e. The van der Waals surface area contributed by atoms with Crippen LogP contribution in [0.1, 0.15) is 26.7 Å². The van der Waals surface area contributed by atoms with Crippen LogP contribution in [-0.4, -0.2) is 49.0 Å². The van der Waals surface area contributed by atoms with Crippen molar-refractivity contribution in [2.75, 3.05) is 32.9 Å². The number of hydrogen-bond donors (Lipinski definition) is 0. The molecule has 0 N–H and O–H groups in total. The molecule has 0 saturated carbocycles. The third-order valence-electron chi connectivity index (χ3n) is 3.55. The van der Waals surface area contributed by atoms with Crippen molar-refractivity contribution in [3.8, 4) is 6.07 Å². The lowest BCUT2D eigenvalue weighted by Gasteiger charge is -2.47. The second-order valence-electron chi connectivity index (χ2n) is 5.28. The predicted octanol–water partition coefficient (Wildman–Crippen LogP) is 1.17. The van der Waals surface area contributed by atoms with E-state index in [1.165, 1.54) is 0 Å². The maximum Gasteiger partial charge on any atom is 0.114 e. The summed E-state index contributed by atoms with van der Waals surface area (Å²) in [6.07, 6.45) is 1.60. The van der Waals surface area contributed by atoms with Crippen molar-refractivity contribution in [2.24, 2.45) is 0 Å². The Morgan fingerprint density at radius 3 is 2.44 bits per heavy atom. The van der Waals surface area contributed by atoms with Crippen LogP contribution in [0.5, 0.6) is 0 Å². The van der Waals surface area contributed by atoms with Crippen LogP contribution in [0.3, 0.4) is 0 Å². The minimum atomic E-state index is -0.342. The van der Waals surface area contributed by atoms with Crippen LogP contribution in [0.2, 0.25) is 0 Å². The highest BCUT2D eigenvalue weighted by Crippen LogP contribution is 2.36. The molecule has 1 atom stereocenters. The first-order valence-corrected chi connectivity index (χ1v) is 5.96. The summed E-state index contributed by atoms with van der Waals surface area (Å²) in [5.74, 6) is 0. The number of hydrogen-bond acceptors (Lipinski definition) is 4. The average Bonchev–Trinajstić information content (AvgIpc) is 2.29. The van der Waals surface area contributed by atoms with Gasteiger partial charge in [-0.25, -0.2) is 0 Å². The largest absolute Gasteiger partial charge is 0.379 e. The van der Waals surface area contributed by atoms with Crippen molar-refractivity contribution >= 4 is 0 Å². The van der Waals surface area contributed by atoms with E-state index in [1.807, 2.05) is 0 Å². The zero-order chi connectivity index (χ0) is 11.6. The van der Waals surface area contributed by atoms with E-state index in [0.717, 1.165) is 39.1 Å². The van der Waals surface area contributed by atoms with E-state index >= 15 is 0 Å². The van der Waals surface area contributed by atoms with Gasteiger partial charge in [-0.15, -0.1) is 0 Å². The molecule has 0 aromatic carbocycles. The van der Waals surface area contributed by atoms with Crippen molar-refractivity contribution in [3.63, 3.8) is 0 Å². The fraction of sp³-hybridized carbons (Fsp3) is 0.917. The molecule has 0 amide bonds. The van der Waals surface area contributed by atoms with E-state index in [1.54, 1.807) is 0 Å². The molecule has 90 valence electrons. The van der Waals surface area contributed by atoms with Gasteiger partial charge in [0.1, 0.15) is 5.54 Å². The van der Waals surface area contributed by atoms with Gasteiger partial charge in [-0.2, -0.15) is 5.26 Å². The van der Waals surface area contributed by atoms with Crippen LogP contribution in [-0.2, 0) is 9.47 Å². The standard InChI is InChI=1S/C12H20N2O2/c1-11(2)9-12(10-13,3-6-16-11)14-4-7-15-8-5-14/h3-9H2,1-2H3/t12-/m0/s1. The number of nitrogens with zero attached hydrogens (tertiary/aromatic N) is 2. The Kier molecular flexibility index (Phi) is 3.20. The molecule has 2 fully saturated rings. The summed E-state index contributed by atoms with van der Waals surface area (Å²) in [7, 11) is 0. The van der Waals surface area contributed by atoms with E-state index in [0.29, 0.717) is 6.61 Å². The average molecular weight is 224 g/mol. The summed E-state index contributed by atoms with van der Waals surface area (Å²) in [6.45, 7) is 8.03. The van der Waals surface area contributed by atoms with Crippen molar-refractivity contribution < 1.29 is 9.47 Å². The Morgan fingerprint density at radius 1 is 1.19 bits per heavy atom. The lowest BCUT2D eigenvalue weighted by molar-refractivity contribution is -0.117. The van der Waals surface area contributed by atoms with Crippen LogP contribution in [0.15, 0.2) is 0 Å². The first kappa shape index (κ1) is 11.8. The van der Waals surface area contributed by atoms with Crippen LogP contribution in [0.25, 0.3) is 0 Å². The van der Waals surface area contributed by atoms with Gasteiger partial charge < -0.3 is 9.47 Å². The summed E-state index contributed by atoms with van der Waals surface area (Å²) in [4.78, 5) is 2.28. The van der Waals surface area contributed by atoms with Crippen molar-refractivity contribution in [1.82, 2.24) is 4.90 Å². The molecule has 0 spiro atoms. The Balaban J connectivity index is 2.15. The molecule has 2 aliphatic rings. The molecule has 0 aliphatic carbocycles. The maximum atomic E-state index is 9.54. The molecule has 16 heavy (non-hydrogen) atoms. The zero-order valence-electron chi connectivity index (χ0n) is 10.2. The number of nitriles is 1. The van der Waals surface area contributed by atoms with Gasteiger partial charge in [0.15, 0.2) is 0 Å². The summed E-state index contributed by atoms with van der Waals surface area (Å²) in [6, 6.07) is 2.53. The molecule has 2 aliphatic heterocycles. The van der Waals surface area contributed by atoms with Crippen LogP contribution < -0.4 is 0 Å². The van der Waals surface area contributed by atoms with Crippen LogP contribution in [0, 0.1) is 11.3 Å². The smallest absolute Gasteiger partial charge is 0.114 e. The normalized spacial score (nSPS) is 35.6. The van der Waals surface area contributed by atoms with Gasteiger partial charge in [0.25, 0.3) is 0 Å². The quantitative estimate of drug-likeness (QED) is 0.670. The number of ether oxygens (including phenoxy) is 2. The topological polar surface area (TPSA) is 45.5 Å². The lowest BCUT2D eigenvalue weighted by Crippen LogP contribution is -2.58. The van der Waals surface area contributed by atoms with E-state index in [4.69, 9.17) is 9.47 Å². The molecular formula is C12H20N2O2. The molecule has 4 heteroatoms. The fourth-order valence-corrected chi connectivity index (χ4v) is 2.77. The molecule has 0 radical (unpaired) electrons. The van der Waals surface area contributed by atoms with E-state index < -0.39 is 0 Å². The lowest BCUT2D eigenvalue weighted by atomic mass is 9.80. The minimum absolute atomic E-state index is 0.188. The monoisotopic (exact) mass is 224 g/mol. The highest BCUT2D eigenvalue weighted by Gasteiger charge is 2.45. The van der Waals surface area contributed by atoms with E-state index in [-0.39, 0.29) is 11.1 Å². The van der Waals surface area contributed by atoms with Gasteiger partial charge in [-0.05, 0) is 13.8 Å². The summed E-state index contributed by atoms with van der Waals surface area (Å²) in [5, 5.41) is 9.54. The van der Waals surface area contributed by atoms with E-state index in [2.05, 4.69) is 24.8 Å². The zero-order valence-corrected chi connectivity index (χ0v) is 10.2. The Hall–Kier alpha value is -0.630. The first-order valence-electron chi connectivity index (χ1n) is 5.96. The summed E-state index contributed by atoms with van der Waals surface area (Å²) >= 11 is 0. The van der Waals surface area contributed by atoms with Crippen LogP contribution >= 0.6 is 0 Å². The number of morpholine rings is 1. The van der Waals surface area contributed by atoms with E-state index in [9.17, 15) is 5.26 Å². The van der Waals surface area contributed by atoms with Gasteiger partial charge in [0.05, 0.1) is 31.5 Å². The van der Waals surface area contributed by atoms with Gasteiger partial charge in [0, 0.05) is 25.9 Å². The van der Waals surface area contributed by atoms with Crippen molar-refractivity contribution in [2.45, 2.75) is 37.8 Å². The van der Waals surface area contributed by atoms with Crippen molar-refractivity contribution in [1.29, 1.82) is 5.26 Å². The Bertz CT molecular complexity index is 292. The second kappa shape index (κ2) is 4.33. The SMILES string of the molecule is CC1(C)C[C@@](C#N)(N2CCOCC2)CCO1. The highest BCUT2D eigenvalue weighted by molar-refractivity contribution is 5.13. The van der Waals surface area contributed by atoms with Gasteiger partial charge >= 0.3 is 0 Å². The van der Waals surface area contributed by atoms with Gasteiger partial charge in [-0.3, -0.25) is 4.90 Å². The molecule has 4 nitrogen and oxygen atoms in total. The molecule has 0 bridgehead atoms. The maximum absolute atomic E-state index is 9.54. The predicted molar refractivity (Wildman–Crippen MR) is 60.0 cm³/mol. The van der Waals surface area contributed by atoms with Crippen LogP contribution in [0.4, 0.5) is 0 Å². The fourth-order valence-electron chi connectivity index (χ4n) is 2.77. The Labute approximate surface area is 97.1 Å². The molecule has 0 unspecified atom stereocenters. The molecule has 0 aromatic heterocycles. The molecule has 2 saturated heterocycles. The molecule has 2 rings (SSSR count). The third-order valence-corrected chi connectivity index (χ3v) is 3.55. The summed E-state index contributed by atoms with van der Waals surface area (Å²) < 4.78 is 11.1. The third kappa shape index (κ3) is 2.22. The molecule has 0 aromatic rings. The summed E-state index contributed by atoms with van der Waals surface area (Å²) in [5.41, 5.74) is -0.530. The second-order valence-corrected chi connectivity index (χ2v) is 5.28. The van der Waals surface area contributed by atoms with Crippen molar-refractivity contribution in [3.05, 3.63) is 0 Å². The van der Waals surface area contributed by atoms with Gasteiger partial charge in [0.2, 0.25) is 0 Å². The molecule has 2 heterocycles. The number of rotatable bonds is 1. The van der Waals surface area contributed by atoms with Gasteiger partial charge in [-0.1, -0.05) is 0 Å².